The molecular formula is C23H25FN6O. The highest BCUT2D eigenvalue weighted by atomic mass is 19.1. The second-order valence-corrected chi connectivity index (χ2v) is 7.96. The summed E-state index contributed by atoms with van der Waals surface area (Å²) in [6.45, 7) is 1.10. The summed E-state index contributed by atoms with van der Waals surface area (Å²) in [5.74, 6) is 1.69. The molecule has 0 aromatic heterocycles. The molecule has 7 nitrogen and oxygen atoms in total. The Hall–Kier alpha value is -3.23. The second-order valence-electron chi connectivity index (χ2n) is 7.96. The Labute approximate surface area is 180 Å². The Kier molecular flexibility index (Phi) is 5.17. The van der Waals surface area contributed by atoms with Crippen LogP contribution in [0.4, 0.5) is 4.39 Å². The molecule has 8 heteroatoms. The first-order valence-corrected chi connectivity index (χ1v) is 10.4. The number of hydrogen-bond donors (Lipinski definition) is 3. The number of aliphatic imine (C=N–C) groups is 1. The highest BCUT2D eigenvalue weighted by Gasteiger charge is 2.45. The van der Waals surface area contributed by atoms with Crippen molar-refractivity contribution >= 4 is 17.9 Å². The number of halogens is 1. The summed E-state index contributed by atoms with van der Waals surface area (Å²) < 4.78 is 20.7. The van der Waals surface area contributed by atoms with Crippen LogP contribution in [0.1, 0.15) is 12.0 Å². The molecule has 0 amide bonds. The lowest BCUT2D eigenvalue weighted by atomic mass is 10.0. The van der Waals surface area contributed by atoms with Crippen LogP contribution in [-0.2, 0) is 0 Å². The molecule has 0 bridgehead atoms. The summed E-state index contributed by atoms with van der Waals surface area (Å²) >= 11 is 0. The van der Waals surface area contributed by atoms with Crippen molar-refractivity contribution in [2.45, 2.75) is 24.8 Å². The third-order valence-corrected chi connectivity index (χ3v) is 5.89. The number of benzene rings is 2. The first kappa shape index (κ1) is 19.7. The number of likely N-dealkylation sites (N-methyl/N-ethyl adjacent to an activating group) is 1. The zero-order valence-corrected chi connectivity index (χ0v) is 17.3. The molecule has 3 N–H and O–H groups in total. The number of hydrazine groups is 1. The molecule has 0 aliphatic carbocycles. The van der Waals surface area contributed by atoms with E-state index in [2.05, 4.69) is 15.7 Å². The van der Waals surface area contributed by atoms with Crippen molar-refractivity contribution in [2.24, 2.45) is 4.99 Å². The van der Waals surface area contributed by atoms with E-state index in [1.54, 1.807) is 6.34 Å². The zero-order chi connectivity index (χ0) is 21.4. The van der Waals surface area contributed by atoms with Crippen LogP contribution in [0.25, 0.3) is 5.70 Å². The van der Waals surface area contributed by atoms with E-state index in [4.69, 9.17) is 10.1 Å². The van der Waals surface area contributed by atoms with Gasteiger partial charge in [0.05, 0.1) is 23.7 Å². The van der Waals surface area contributed by atoms with Crippen LogP contribution in [0.15, 0.2) is 65.2 Å². The number of nitrogens with zero attached hydrogens (tertiary/aromatic N) is 3. The fourth-order valence-electron chi connectivity index (χ4n) is 4.36. The lowest BCUT2D eigenvalue weighted by Gasteiger charge is -2.41. The maximum atomic E-state index is 14.8. The summed E-state index contributed by atoms with van der Waals surface area (Å²) in [6.07, 6.45) is 1.05. The van der Waals surface area contributed by atoms with Gasteiger partial charge in [0, 0.05) is 13.6 Å². The Bertz CT molecular complexity index is 1020. The van der Waals surface area contributed by atoms with Crippen LogP contribution in [0.2, 0.25) is 0 Å². The van der Waals surface area contributed by atoms with Crippen LogP contribution in [0.5, 0.6) is 11.5 Å². The molecule has 3 aliphatic rings. The van der Waals surface area contributed by atoms with Crippen molar-refractivity contribution in [1.82, 2.24) is 20.7 Å². The number of piperidine rings is 1. The average Bonchev–Trinajstić information content (AvgIpc) is 3.20. The number of hydrogen-bond acceptors (Lipinski definition) is 6. The predicted octanol–water partition coefficient (Wildman–Crippen LogP) is 2.99. The largest absolute Gasteiger partial charge is 0.457 e. The monoisotopic (exact) mass is 420 g/mol. The van der Waals surface area contributed by atoms with E-state index in [0.29, 0.717) is 13.0 Å². The minimum atomic E-state index is -0.995. The molecule has 3 aliphatic heterocycles. The molecule has 1 saturated heterocycles. The van der Waals surface area contributed by atoms with Gasteiger partial charge in [-0.3, -0.25) is 5.41 Å². The SMILES string of the molecule is CN1C=NC(=N)C2=C(c3ccc(Oc4ccccc4)cc3)NN([C@H]3CCNC[C@@H]3F)C21. The molecule has 3 heterocycles. The van der Waals surface area contributed by atoms with Gasteiger partial charge >= 0.3 is 0 Å². The lowest BCUT2D eigenvalue weighted by molar-refractivity contribution is 0.0141. The van der Waals surface area contributed by atoms with Gasteiger partial charge in [-0.15, -0.1) is 0 Å². The van der Waals surface area contributed by atoms with Crippen LogP contribution >= 0.6 is 0 Å². The standard InChI is InChI=1S/C23H25FN6O/c1-29-14-27-22(25)20-21(28-30(23(20)29)19-11-12-26-13-18(19)24)15-7-9-17(10-8-15)31-16-5-3-2-4-6-16/h2-10,14,18-19,23,25-26,28H,11-13H2,1H3/t18-,19-,23?/m0/s1. The topological polar surface area (TPSA) is 76.0 Å². The van der Waals surface area contributed by atoms with Crippen LogP contribution in [0, 0.1) is 5.41 Å². The van der Waals surface area contributed by atoms with E-state index in [-0.39, 0.29) is 18.0 Å². The molecule has 0 saturated carbocycles. The minimum absolute atomic E-state index is 0.196. The zero-order valence-electron chi connectivity index (χ0n) is 17.3. The van der Waals surface area contributed by atoms with E-state index in [0.717, 1.165) is 34.9 Å². The van der Waals surface area contributed by atoms with Crippen molar-refractivity contribution in [1.29, 1.82) is 5.41 Å². The summed E-state index contributed by atoms with van der Waals surface area (Å²) in [7, 11) is 1.91. The van der Waals surface area contributed by atoms with E-state index < -0.39 is 6.17 Å². The maximum Gasteiger partial charge on any atom is 0.155 e. The number of nitrogens with one attached hydrogen (secondary N) is 3. The summed E-state index contributed by atoms with van der Waals surface area (Å²) in [4.78, 5) is 6.16. The van der Waals surface area contributed by atoms with Gasteiger partial charge in [0.15, 0.2) is 5.84 Å². The van der Waals surface area contributed by atoms with Gasteiger partial charge in [0.1, 0.15) is 23.8 Å². The van der Waals surface area contributed by atoms with Crippen molar-refractivity contribution in [3.63, 3.8) is 0 Å². The van der Waals surface area contributed by atoms with Crippen molar-refractivity contribution in [3.05, 3.63) is 65.7 Å². The highest BCUT2D eigenvalue weighted by Crippen LogP contribution is 2.35. The van der Waals surface area contributed by atoms with E-state index in [9.17, 15) is 4.39 Å². The van der Waals surface area contributed by atoms with Gasteiger partial charge in [-0.25, -0.2) is 9.38 Å². The molecule has 5 rings (SSSR count). The third-order valence-electron chi connectivity index (χ3n) is 5.89. The molecule has 1 unspecified atom stereocenters. The second kappa shape index (κ2) is 8.13. The number of amidine groups is 1. The Morgan fingerprint density at radius 1 is 1.10 bits per heavy atom. The van der Waals surface area contributed by atoms with Crippen molar-refractivity contribution in [3.8, 4) is 11.5 Å². The maximum absolute atomic E-state index is 14.8. The smallest absolute Gasteiger partial charge is 0.155 e. The van der Waals surface area contributed by atoms with Crippen molar-refractivity contribution < 1.29 is 9.13 Å². The van der Waals surface area contributed by atoms with Gasteiger partial charge in [-0.2, -0.15) is 5.01 Å². The van der Waals surface area contributed by atoms with Gasteiger partial charge < -0.3 is 20.4 Å². The number of rotatable bonds is 4. The molecule has 0 spiro atoms. The molecule has 2 aromatic carbocycles. The van der Waals surface area contributed by atoms with Crippen LogP contribution in [-0.4, -0.2) is 60.6 Å². The van der Waals surface area contributed by atoms with Crippen molar-refractivity contribution in [2.75, 3.05) is 20.1 Å². The summed E-state index contributed by atoms with van der Waals surface area (Å²) in [5.41, 5.74) is 5.87. The minimum Gasteiger partial charge on any atom is -0.457 e. The molecule has 160 valence electrons. The van der Waals surface area contributed by atoms with Gasteiger partial charge in [0.25, 0.3) is 0 Å². The summed E-state index contributed by atoms with van der Waals surface area (Å²) in [5, 5.41) is 13.5. The predicted molar refractivity (Wildman–Crippen MR) is 119 cm³/mol. The third kappa shape index (κ3) is 3.68. The number of alkyl halides is 1. The molecule has 1 fully saturated rings. The molecular weight excluding hydrogens is 395 g/mol. The lowest BCUT2D eigenvalue weighted by Crippen LogP contribution is -2.60. The molecule has 3 atom stereocenters. The van der Waals surface area contributed by atoms with E-state index in [1.807, 2.05) is 71.6 Å². The van der Waals surface area contributed by atoms with Gasteiger partial charge in [-0.05, 0) is 54.9 Å². The van der Waals surface area contributed by atoms with Gasteiger partial charge in [0.2, 0.25) is 0 Å². The summed E-state index contributed by atoms with van der Waals surface area (Å²) in [6, 6.07) is 17.0. The number of fused-ring (bicyclic) bond motifs is 1. The van der Waals surface area contributed by atoms with Gasteiger partial charge in [-0.1, -0.05) is 18.2 Å². The van der Waals surface area contributed by atoms with E-state index in [1.165, 1.54) is 0 Å². The average molecular weight is 420 g/mol. The highest BCUT2D eigenvalue weighted by molar-refractivity contribution is 6.09. The number of ether oxygens (including phenoxy) is 1. The Morgan fingerprint density at radius 3 is 2.58 bits per heavy atom. The normalized spacial score (nSPS) is 26.1. The van der Waals surface area contributed by atoms with Crippen LogP contribution < -0.4 is 15.5 Å². The number of para-hydroxylation sites is 1. The van der Waals surface area contributed by atoms with E-state index >= 15 is 0 Å². The fraction of sp³-hybridized carbons (Fsp3) is 0.304. The quantitative estimate of drug-likeness (QED) is 0.709. The van der Waals surface area contributed by atoms with Crippen LogP contribution in [0.3, 0.4) is 0 Å². The first-order chi connectivity index (χ1) is 15.1. The Balaban J connectivity index is 1.45. The first-order valence-electron chi connectivity index (χ1n) is 10.4. The Morgan fingerprint density at radius 2 is 1.84 bits per heavy atom. The molecule has 2 aromatic rings. The fourth-order valence-corrected chi connectivity index (χ4v) is 4.36. The molecule has 31 heavy (non-hydrogen) atoms. The molecule has 0 radical (unpaired) electrons.